The highest BCUT2D eigenvalue weighted by atomic mass is 16.5. The van der Waals surface area contributed by atoms with Gasteiger partial charge in [0.25, 0.3) is 5.91 Å². The van der Waals surface area contributed by atoms with Gasteiger partial charge in [0.15, 0.2) is 6.61 Å². The first-order valence-corrected chi connectivity index (χ1v) is 7.58. The van der Waals surface area contributed by atoms with Gasteiger partial charge >= 0.3 is 12.0 Å². The van der Waals surface area contributed by atoms with Crippen molar-refractivity contribution in [2.75, 3.05) is 6.61 Å². The molecule has 4 N–H and O–H groups in total. The highest BCUT2D eigenvalue weighted by Crippen LogP contribution is 2.24. The largest absolute Gasteiger partial charge is 0.451 e. The third kappa shape index (κ3) is 5.38. The molecule has 3 amide bonds. The molecule has 8 nitrogen and oxygen atoms in total. The molecule has 0 saturated heterocycles. The highest BCUT2D eigenvalue weighted by molar-refractivity contribution is 5.97. The zero-order valence-electron chi connectivity index (χ0n) is 14.9. The molecule has 0 aliphatic heterocycles. The predicted molar refractivity (Wildman–Crippen MR) is 87.6 cm³/mol. The number of hydrogen-bond donors (Lipinski definition) is 4. The predicted octanol–water partition coefficient (Wildman–Crippen LogP) is 1.47. The number of amides is 3. The van der Waals surface area contributed by atoms with Gasteiger partial charge in [0, 0.05) is 16.8 Å². The van der Waals surface area contributed by atoms with Crippen LogP contribution in [0.3, 0.4) is 0 Å². The number of ether oxygens (including phenoxy) is 1. The maximum Gasteiger partial charge on any atom is 0.355 e. The summed E-state index contributed by atoms with van der Waals surface area (Å²) < 4.78 is 4.91. The molecular formula is C16H25N3O5. The van der Waals surface area contributed by atoms with Crippen molar-refractivity contribution < 1.29 is 24.2 Å². The molecule has 0 aliphatic carbocycles. The lowest BCUT2D eigenvalue weighted by molar-refractivity contribution is -0.123. The molecule has 0 bridgehead atoms. The zero-order valence-corrected chi connectivity index (χ0v) is 14.9. The Balaban J connectivity index is 2.62. The molecule has 1 aromatic heterocycles. The number of carbonyl (C=O) groups excluding carboxylic acids is 3. The number of aliphatic hydroxyl groups is 1. The Morgan fingerprint density at radius 1 is 1.25 bits per heavy atom. The summed E-state index contributed by atoms with van der Waals surface area (Å²) in [5.74, 6) is -1.46. The molecule has 0 aromatic carbocycles. The number of imide groups is 1. The van der Waals surface area contributed by atoms with E-state index in [4.69, 9.17) is 4.74 Å². The fourth-order valence-electron chi connectivity index (χ4n) is 2.33. The Morgan fingerprint density at radius 2 is 1.83 bits per heavy atom. The summed E-state index contributed by atoms with van der Waals surface area (Å²) in [5, 5.41) is 14.3. The number of aryl methyl sites for hydroxylation is 1. The maximum absolute atomic E-state index is 12.1. The van der Waals surface area contributed by atoms with Crippen LogP contribution in [0.15, 0.2) is 0 Å². The Morgan fingerprint density at radius 3 is 2.29 bits per heavy atom. The monoisotopic (exact) mass is 339 g/mol. The summed E-state index contributed by atoms with van der Waals surface area (Å²) in [7, 11) is 0. The second-order valence-corrected chi connectivity index (χ2v) is 6.67. The lowest BCUT2D eigenvalue weighted by Gasteiger charge is -2.20. The minimum Gasteiger partial charge on any atom is -0.451 e. The Bertz CT molecular complexity index is 641. The molecule has 0 saturated carbocycles. The van der Waals surface area contributed by atoms with Gasteiger partial charge in [-0.2, -0.15) is 0 Å². The van der Waals surface area contributed by atoms with Gasteiger partial charge in [0.05, 0.1) is 6.10 Å². The van der Waals surface area contributed by atoms with Gasteiger partial charge in [-0.1, -0.05) is 0 Å². The topological polar surface area (TPSA) is 121 Å². The van der Waals surface area contributed by atoms with Gasteiger partial charge in [-0.25, -0.2) is 9.59 Å². The van der Waals surface area contributed by atoms with E-state index >= 15 is 0 Å². The molecule has 8 heteroatoms. The number of urea groups is 1. The molecule has 0 radical (unpaired) electrons. The lowest BCUT2D eigenvalue weighted by atomic mass is 10.1. The number of rotatable bonds is 4. The Hall–Kier alpha value is -2.35. The summed E-state index contributed by atoms with van der Waals surface area (Å²) in [5.41, 5.74) is 1.53. The average molecular weight is 339 g/mol. The Labute approximate surface area is 141 Å². The van der Waals surface area contributed by atoms with Crippen molar-refractivity contribution in [3.8, 4) is 0 Å². The SMILES string of the molecule is Cc1[nH]c(C(=O)OCC(=O)NC(=O)NC(C)(C)C)c(C)c1[C@@H](C)O. The van der Waals surface area contributed by atoms with Crippen LogP contribution in [0.2, 0.25) is 0 Å². The molecule has 0 unspecified atom stereocenters. The normalized spacial score (nSPS) is 12.5. The molecule has 1 aromatic rings. The van der Waals surface area contributed by atoms with Gasteiger partial charge in [0.2, 0.25) is 0 Å². The van der Waals surface area contributed by atoms with Gasteiger partial charge in [-0.15, -0.1) is 0 Å². The first-order chi connectivity index (χ1) is 10.9. The van der Waals surface area contributed by atoms with Crippen molar-refractivity contribution in [2.45, 2.75) is 53.2 Å². The van der Waals surface area contributed by atoms with Crippen LogP contribution in [0.25, 0.3) is 0 Å². The number of nitrogens with one attached hydrogen (secondary N) is 3. The summed E-state index contributed by atoms with van der Waals surface area (Å²) in [6.45, 7) is 9.74. The average Bonchev–Trinajstić information content (AvgIpc) is 2.68. The number of aliphatic hydroxyl groups excluding tert-OH is 1. The van der Waals surface area contributed by atoms with E-state index in [2.05, 4.69) is 15.6 Å². The van der Waals surface area contributed by atoms with Crippen molar-refractivity contribution >= 4 is 17.9 Å². The fraction of sp³-hybridized carbons (Fsp3) is 0.562. The minimum absolute atomic E-state index is 0.176. The molecule has 0 fully saturated rings. The van der Waals surface area contributed by atoms with E-state index in [0.29, 0.717) is 16.8 Å². The molecule has 134 valence electrons. The fourth-order valence-corrected chi connectivity index (χ4v) is 2.33. The van der Waals surface area contributed by atoms with Crippen molar-refractivity contribution in [1.29, 1.82) is 0 Å². The maximum atomic E-state index is 12.1. The first kappa shape index (κ1) is 19.7. The molecule has 24 heavy (non-hydrogen) atoms. The van der Waals surface area contributed by atoms with Gasteiger partial charge in [-0.3, -0.25) is 10.1 Å². The van der Waals surface area contributed by atoms with Crippen LogP contribution in [-0.4, -0.2) is 40.1 Å². The van der Waals surface area contributed by atoms with Gasteiger partial charge in [0.1, 0.15) is 5.69 Å². The summed E-state index contributed by atoms with van der Waals surface area (Å²) in [6, 6.07) is -0.660. The van der Waals surface area contributed by atoms with E-state index < -0.39 is 36.2 Å². The van der Waals surface area contributed by atoms with Crippen molar-refractivity contribution in [3.63, 3.8) is 0 Å². The second kappa shape index (κ2) is 7.48. The minimum atomic E-state index is -0.734. The van der Waals surface area contributed by atoms with Crippen LogP contribution < -0.4 is 10.6 Å². The van der Waals surface area contributed by atoms with E-state index in [1.54, 1.807) is 41.5 Å². The van der Waals surface area contributed by atoms with E-state index in [0.717, 1.165) is 0 Å². The summed E-state index contributed by atoms with van der Waals surface area (Å²) in [6.07, 6.45) is -0.729. The van der Waals surface area contributed by atoms with Crippen LogP contribution in [-0.2, 0) is 9.53 Å². The van der Waals surface area contributed by atoms with E-state index in [1.165, 1.54) is 0 Å². The van der Waals surface area contributed by atoms with Gasteiger partial charge in [-0.05, 0) is 47.1 Å². The van der Waals surface area contributed by atoms with E-state index in [-0.39, 0.29) is 5.69 Å². The standard InChI is InChI=1S/C16H25N3O5/c1-8-12(10(3)20)9(2)17-13(8)14(22)24-7-11(21)18-15(23)19-16(4,5)6/h10,17,20H,7H2,1-6H3,(H2,18,19,21,23)/t10-/m1/s1. The molecular weight excluding hydrogens is 314 g/mol. The molecule has 1 atom stereocenters. The van der Waals surface area contributed by atoms with E-state index in [9.17, 15) is 19.5 Å². The second-order valence-electron chi connectivity index (χ2n) is 6.67. The number of carbonyl (C=O) groups is 3. The van der Waals surface area contributed by atoms with Crippen LogP contribution in [0.4, 0.5) is 4.79 Å². The van der Waals surface area contributed by atoms with Crippen LogP contribution >= 0.6 is 0 Å². The third-order valence-corrected chi connectivity index (χ3v) is 3.19. The highest BCUT2D eigenvalue weighted by Gasteiger charge is 2.22. The lowest BCUT2D eigenvalue weighted by Crippen LogP contribution is -2.49. The van der Waals surface area contributed by atoms with Crippen molar-refractivity contribution in [2.24, 2.45) is 0 Å². The van der Waals surface area contributed by atoms with Crippen molar-refractivity contribution in [3.05, 3.63) is 22.5 Å². The van der Waals surface area contributed by atoms with Crippen LogP contribution in [0.1, 0.15) is 61.1 Å². The van der Waals surface area contributed by atoms with Crippen molar-refractivity contribution in [1.82, 2.24) is 15.6 Å². The van der Waals surface area contributed by atoms with Crippen LogP contribution in [0.5, 0.6) is 0 Å². The van der Waals surface area contributed by atoms with Gasteiger partial charge < -0.3 is 20.1 Å². The number of H-pyrrole nitrogens is 1. The summed E-state index contributed by atoms with van der Waals surface area (Å²) >= 11 is 0. The quantitative estimate of drug-likeness (QED) is 0.619. The molecule has 0 spiro atoms. The smallest absolute Gasteiger partial charge is 0.355 e. The number of hydrogen-bond acceptors (Lipinski definition) is 5. The zero-order chi connectivity index (χ0) is 18.7. The number of esters is 1. The molecule has 1 heterocycles. The first-order valence-electron chi connectivity index (χ1n) is 7.58. The summed E-state index contributed by atoms with van der Waals surface area (Å²) in [4.78, 5) is 38.1. The Kier molecular flexibility index (Phi) is 6.14. The number of aromatic amines is 1. The van der Waals surface area contributed by atoms with E-state index in [1.807, 2.05) is 0 Å². The molecule has 0 aliphatic rings. The molecule has 1 rings (SSSR count). The van der Waals surface area contributed by atoms with Crippen LogP contribution in [0, 0.1) is 13.8 Å². The third-order valence-electron chi connectivity index (χ3n) is 3.19. The number of aromatic nitrogens is 1.